The zero-order valence-corrected chi connectivity index (χ0v) is 13.0. The van der Waals surface area contributed by atoms with Gasteiger partial charge in [-0.1, -0.05) is 15.9 Å². The molecule has 0 atom stereocenters. The van der Waals surface area contributed by atoms with Crippen LogP contribution in [0.2, 0.25) is 0 Å². The Bertz CT molecular complexity index is 640. The molecule has 0 radical (unpaired) electrons. The van der Waals surface area contributed by atoms with E-state index in [0.717, 1.165) is 21.2 Å². The predicted octanol–water partition coefficient (Wildman–Crippen LogP) is 5.07. The molecule has 0 amide bonds. The quantitative estimate of drug-likeness (QED) is 0.580. The number of aryl methyl sites for hydroxylation is 3. The lowest BCUT2D eigenvalue weighted by atomic mass is 10.1. The second-order valence-electron chi connectivity index (χ2n) is 4.73. The minimum atomic E-state index is -0.396. The fourth-order valence-corrected chi connectivity index (χ4v) is 2.66. The number of benzene rings is 2. The summed E-state index contributed by atoms with van der Waals surface area (Å²) in [6.07, 6.45) is 0. The van der Waals surface area contributed by atoms with Crippen LogP contribution < -0.4 is 4.74 Å². The van der Waals surface area contributed by atoms with Crippen molar-refractivity contribution < 1.29 is 9.66 Å². The van der Waals surface area contributed by atoms with E-state index in [1.165, 1.54) is 12.1 Å². The fraction of sp³-hybridized carbons (Fsp3) is 0.200. The van der Waals surface area contributed by atoms with Crippen molar-refractivity contribution >= 4 is 21.6 Å². The molecule has 0 aliphatic rings. The number of nitrogens with zero attached hydrogens (tertiary/aromatic N) is 1. The molecule has 0 N–H and O–H groups in total. The third-order valence-corrected chi connectivity index (χ3v) is 3.35. The highest BCUT2D eigenvalue weighted by Gasteiger charge is 2.13. The van der Waals surface area contributed by atoms with Crippen molar-refractivity contribution in [3.63, 3.8) is 0 Å². The molecule has 0 aromatic heterocycles. The molecule has 0 aliphatic heterocycles. The van der Waals surface area contributed by atoms with Gasteiger partial charge in [0.05, 0.1) is 4.92 Å². The van der Waals surface area contributed by atoms with Gasteiger partial charge in [0.25, 0.3) is 5.69 Å². The molecule has 5 heteroatoms. The third-order valence-electron chi connectivity index (χ3n) is 2.89. The van der Waals surface area contributed by atoms with E-state index in [1.54, 1.807) is 13.8 Å². The van der Waals surface area contributed by atoms with Crippen molar-refractivity contribution in [2.45, 2.75) is 20.8 Å². The summed E-state index contributed by atoms with van der Waals surface area (Å²) in [6.45, 7) is 5.59. The van der Waals surface area contributed by atoms with Crippen molar-refractivity contribution in [1.29, 1.82) is 0 Å². The summed E-state index contributed by atoms with van der Waals surface area (Å²) < 4.78 is 6.82. The maximum atomic E-state index is 10.8. The molecule has 20 heavy (non-hydrogen) atoms. The van der Waals surface area contributed by atoms with Gasteiger partial charge in [-0.25, -0.2) is 0 Å². The van der Waals surface area contributed by atoms with Gasteiger partial charge in [-0.3, -0.25) is 10.1 Å². The van der Waals surface area contributed by atoms with Crippen molar-refractivity contribution in [3.05, 3.63) is 61.6 Å². The number of hydrogen-bond acceptors (Lipinski definition) is 3. The molecule has 4 nitrogen and oxygen atoms in total. The number of hydrogen-bond donors (Lipinski definition) is 0. The zero-order chi connectivity index (χ0) is 14.9. The highest BCUT2D eigenvalue weighted by molar-refractivity contribution is 9.10. The van der Waals surface area contributed by atoms with E-state index in [4.69, 9.17) is 4.74 Å². The average Bonchev–Trinajstić information content (AvgIpc) is 2.32. The number of halogens is 1. The van der Waals surface area contributed by atoms with E-state index in [-0.39, 0.29) is 5.69 Å². The zero-order valence-electron chi connectivity index (χ0n) is 11.4. The number of ether oxygens (including phenoxy) is 1. The van der Waals surface area contributed by atoms with Crippen LogP contribution in [0.15, 0.2) is 34.8 Å². The van der Waals surface area contributed by atoms with Gasteiger partial charge in [0.15, 0.2) is 0 Å². The molecule has 2 aromatic carbocycles. The topological polar surface area (TPSA) is 52.4 Å². The Hall–Kier alpha value is -1.88. The molecule has 0 saturated heterocycles. The second-order valence-corrected chi connectivity index (χ2v) is 5.65. The largest absolute Gasteiger partial charge is 0.457 e. The Morgan fingerprint density at radius 2 is 1.65 bits per heavy atom. The van der Waals surface area contributed by atoms with E-state index in [0.29, 0.717) is 11.5 Å². The first-order chi connectivity index (χ1) is 9.36. The van der Waals surface area contributed by atoms with Crippen molar-refractivity contribution in [3.8, 4) is 11.5 Å². The summed E-state index contributed by atoms with van der Waals surface area (Å²) in [5.74, 6) is 1.37. The third kappa shape index (κ3) is 3.17. The van der Waals surface area contributed by atoms with Gasteiger partial charge < -0.3 is 4.74 Å². The number of nitro benzene ring substituents is 1. The van der Waals surface area contributed by atoms with Crippen LogP contribution in [0.5, 0.6) is 11.5 Å². The van der Waals surface area contributed by atoms with Crippen molar-refractivity contribution in [2.75, 3.05) is 0 Å². The fourth-order valence-electron chi connectivity index (χ4n) is 2.07. The first-order valence-electron chi connectivity index (χ1n) is 6.07. The minimum Gasteiger partial charge on any atom is -0.457 e. The Balaban J connectivity index is 2.41. The normalized spacial score (nSPS) is 10.4. The lowest BCUT2D eigenvalue weighted by molar-refractivity contribution is -0.385. The van der Waals surface area contributed by atoms with E-state index >= 15 is 0 Å². The van der Waals surface area contributed by atoms with Crippen LogP contribution in [-0.2, 0) is 0 Å². The molecule has 0 heterocycles. The Labute approximate surface area is 125 Å². The van der Waals surface area contributed by atoms with Crippen LogP contribution in [0.4, 0.5) is 5.69 Å². The van der Waals surface area contributed by atoms with E-state index in [2.05, 4.69) is 15.9 Å². The molecular weight excluding hydrogens is 322 g/mol. The van der Waals surface area contributed by atoms with Crippen LogP contribution in [0.25, 0.3) is 0 Å². The minimum absolute atomic E-state index is 0.0813. The Morgan fingerprint density at radius 1 is 1.05 bits per heavy atom. The summed E-state index contributed by atoms with van der Waals surface area (Å²) >= 11 is 3.42. The maximum absolute atomic E-state index is 10.8. The molecule has 0 spiro atoms. The smallest absolute Gasteiger partial charge is 0.270 e. The predicted molar refractivity (Wildman–Crippen MR) is 81.5 cm³/mol. The standard InChI is InChI=1S/C15H14BrNO3/c1-9-4-12(16)8-14(5-9)20-15-10(2)6-13(17(18)19)7-11(15)3/h4-8H,1-3H3. The molecule has 0 unspecified atom stereocenters. The van der Waals surface area contributed by atoms with Gasteiger partial charge in [0.1, 0.15) is 11.5 Å². The molecule has 0 fully saturated rings. The first-order valence-corrected chi connectivity index (χ1v) is 6.87. The van der Waals surface area contributed by atoms with Gasteiger partial charge in [-0.15, -0.1) is 0 Å². The highest BCUT2D eigenvalue weighted by atomic mass is 79.9. The Morgan fingerprint density at radius 3 is 2.15 bits per heavy atom. The molecule has 0 aliphatic carbocycles. The molecule has 2 aromatic rings. The van der Waals surface area contributed by atoms with E-state index < -0.39 is 4.92 Å². The second kappa shape index (κ2) is 5.63. The summed E-state index contributed by atoms with van der Waals surface area (Å²) in [5, 5.41) is 10.8. The summed E-state index contributed by atoms with van der Waals surface area (Å²) in [5.41, 5.74) is 2.65. The SMILES string of the molecule is Cc1cc(Br)cc(Oc2c(C)cc([N+](=O)[O-])cc2C)c1. The monoisotopic (exact) mass is 335 g/mol. The van der Waals surface area contributed by atoms with Gasteiger partial charge in [-0.05, 0) is 55.7 Å². The maximum Gasteiger partial charge on any atom is 0.270 e. The number of non-ortho nitro benzene ring substituents is 1. The number of nitro groups is 1. The van der Waals surface area contributed by atoms with Crippen LogP contribution in [0.3, 0.4) is 0 Å². The number of rotatable bonds is 3. The molecule has 0 bridgehead atoms. The molecule has 104 valence electrons. The summed E-state index contributed by atoms with van der Waals surface area (Å²) in [4.78, 5) is 10.4. The highest BCUT2D eigenvalue weighted by Crippen LogP contribution is 2.33. The van der Waals surface area contributed by atoms with Crippen LogP contribution in [0.1, 0.15) is 16.7 Å². The van der Waals surface area contributed by atoms with Crippen molar-refractivity contribution in [1.82, 2.24) is 0 Å². The average molecular weight is 336 g/mol. The van der Waals surface area contributed by atoms with Gasteiger partial charge in [0.2, 0.25) is 0 Å². The lowest BCUT2D eigenvalue weighted by Crippen LogP contribution is -1.95. The molecular formula is C15H14BrNO3. The molecule has 2 rings (SSSR count). The van der Waals surface area contributed by atoms with Gasteiger partial charge in [0, 0.05) is 16.6 Å². The van der Waals surface area contributed by atoms with Crippen LogP contribution in [0, 0.1) is 30.9 Å². The van der Waals surface area contributed by atoms with E-state index in [9.17, 15) is 10.1 Å². The van der Waals surface area contributed by atoms with E-state index in [1.807, 2.05) is 25.1 Å². The summed E-state index contributed by atoms with van der Waals surface area (Å²) in [7, 11) is 0. The van der Waals surface area contributed by atoms with Gasteiger partial charge in [-0.2, -0.15) is 0 Å². The Kier molecular flexibility index (Phi) is 4.09. The summed E-state index contributed by atoms with van der Waals surface area (Å²) in [6, 6.07) is 8.82. The lowest BCUT2D eigenvalue weighted by Gasteiger charge is -2.12. The van der Waals surface area contributed by atoms with Crippen molar-refractivity contribution in [2.24, 2.45) is 0 Å². The molecule has 0 saturated carbocycles. The van der Waals surface area contributed by atoms with Crippen LogP contribution >= 0.6 is 15.9 Å². The van der Waals surface area contributed by atoms with Crippen LogP contribution in [-0.4, -0.2) is 4.92 Å². The first kappa shape index (κ1) is 14.5. The van der Waals surface area contributed by atoms with Gasteiger partial charge >= 0.3 is 0 Å².